The molecule has 9 nitrogen and oxygen atoms in total. The molecular formula is C19H17FN4O5S. The SMILES string of the molecule is O=C(c1cc2cc(F)ccc2[nH]1)N1CCN(S(=O)(=O)c2ccccc2[N+](=O)[O-])CC1. The number of aromatic amines is 1. The molecule has 1 aromatic heterocycles. The van der Waals surface area contributed by atoms with Crippen LogP contribution in [-0.2, 0) is 10.0 Å². The highest BCUT2D eigenvalue weighted by Crippen LogP contribution is 2.27. The van der Waals surface area contributed by atoms with E-state index in [1.54, 1.807) is 12.1 Å². The van der Waals surface area contributed by atoms with E-state index in [4.69, 9.17) is 0 Å². The van der Waals surface area contributed by atoms with Crippen LogP contribution >= 0.6 is 0 Å². The molecule has 0 bridgehead atoms. The lowest BCUT2D eigenvalue weighted by Gasteiger charge is -2.33. The average Bonchev–Trinajstić information content (AvgIpc) is 3.16. The molecule has 1 aliphatic rings. The number of aromatic nitrogens is 1. The minimum atomic E-state index is -4.07. The molecule has 0 atom stereocenters. The highest BCUT2D eigenvalue weighted by atomic mass is 32.2. The molecule has 4 rings (SSSR count). The maximum atomic E-state index is 13.4. The molecule has 0 radical (unpaired) electrons. The van der Waals surface area contributed by atoms with Gasteiger partial charge in [-0.25, -0.2) is 12.8 Å². The number of nitro groups is 1. The molecule has 30 heavy (non-hydrogen) atoms. The molecule has 1 fully saturated rings. The third-order valence-corrected chi connectivity index (χ3v) is 6.96. The van der Waals surface area contributed by atoms with E-state index in [1.807, 2.05) is 0 Å². The van der Waals surface area contributed by atoms with Crippen molar-refractivity contribution in [3.05, 3.63) is 70.2 Å². The number of nitro benzene ring substituents is 1. The number of fused-ring (bicyclic) bond motifs is 1. The predicted octanol–water partition coefficient (Wildman–Crippen LogP) is 2.36. The first-order valence-electron chi connectivity index (χ1n) is 9.08. The quantitative estimate of drug-likeness (QED) is 0.502. The van der Waals surface area contributed by atoms with Crippen LogP contribution in [0, 0.1) is 15.9 Å². The number of carbonyl (C=O) groups excluding carboxylic acids is 1. The van der Waals surface area contributed by atoms with Gasteiger partial charge >= 0.3 is 0 Å². The van der Waals surface area contributed by atoms with E-state index in [-0.39, 0.29) is 42.7 Å². The van der Waals surface area contributed by atoms with Crippen LogP contribution in [0.3, 0.4) is 0 Å². The molecule has 0 spiro atoms. The molecular weight excluding hydrogens is 415 g/mol. The van der Waals surface area contributed by atoms with E-state index >= 15 is 0 Å². The third-order valence-electron chi connectivity index (χ3n) is 5.02. The van der Waals surface area contributed by atoms with Gasteiger partial charge < -0.3 is 9.88 Å². The van der Waals surface area contributed by atoms with Crippen LogP contribution in [0.15, 0.2) is 53.4 Å². The Morgan fingerprint density at radius 2 is 1.77 bits per heavy atom. The Hall–Kier alpha value is -3.31. The fraction of sp³-hybridized carbons (Fsp3) is 0.211. The van der Waals surface area contributed by atoms with E-state index in [9.17, 15) is 27.7 Å². The van der Waals surface area contributed by atoms with E-state index in [0.29, 0.717) is 10.9 Å². The number of halogens is 1. The normalized spacial score (nSPS) is 15.4. The van der Waals surface area contributed by atoms with Gasteiger partial charge in [-0.3, -0.25) is 14.9 Å². The zero-order chi connectivity index (χ0) is 21.5. The van der Waals surface area contributed by atoms with Gasteiger partial charge in [0.2, 0.25) is 10.0 Å². The van der Waals surface area contributed by atoms with Crippen LogP contribution in [0.1, 0.15) is 10.5 Å². The fourth-order valence-electron chi connectivity index (χ4n) is 3.49. The molecule has 0 unspecified atom stereocenters. The topological polar surface area (TPSA) is 117 Å². The summed E-state index contributed by atoms with van der Waals surface area (Å²) in [5, 5.41) is 11.8. The van der Waals surface area contributed by atoms with Crippen LogP contribution in [0.4, 0.5) is 10.1 Å². The summed E-state index contributed by atoms with van der Waals surface area (Å²) in [5.74, 6) is -0.733. The van der Waals surface area contributed by atoms with Gasteiger partial charge in [0, 0.05) is 43.1 Å². The highest BCUT2D eigenvalue weighted by Gasteiger charge is 2.34. The molecule has 1 saturated heterocycles. The van der Waals surface area contributed by atoms with Crippen molar-refractivity contribution in [1.29, 1.82) is 0 Å². The lowest BCUT2D eigenvalue weighted by atomic mass is 10.2. The summed E-state index contributed by atoms with van der Waals surface area (Å²) in [6.07, 6.45) is 0. The molecule has 2 aromatic carbocycles. The predicted molar refractivity (Wildman–Crippen MR) is 106 cm³/mol. The Morgan fingerprint density at radius 1 is 1.07 bits per heavy atom. The minimum absolute atomic E-state index is 0.00891. The number of nitrogens with zero attached hydrogens (tertiary/aromatic N) is 3. The smallest absolute Gasteiger partial charge is 0.289 e. The van der Waals surface area contributed by atoms with Gasteiger partial charge in [-0.15, -0.1) is 0 Å². The van der Waals surface area contributed by atoms with Crippen molar-refractivity contribution in [2.24, 2.45) is 0 Å². The fourth-order valence-corrected chi connectivity index (χ4v) is 5.07. The van der Waals surface area contributed by atoms with Gasteiger partial charge in [0.25, 0.3) is 11.6 Å². The summed E-state index contributed by atoms with van der Waals surface area (Å²) < 4.78 is 40.3. The molecule has 156 valence electrons. The number of nitrogens with one attached hydrogen (secondary N) is 1. The van der Waals surface area contributed by atoms with Crippen LogP contribution in [0.25, 0.3) is 10.9 Å². The summed E-state index contributed by atoms with van der Waals surface area (Å²) in [4.78, 5) is 27.3. The van der Waals surface area contributed by atoms with Crippen LogP contribution < -0.4 is 0 Å². The standard InChI is InChI=1S/C19H17FN4O5S/c20-14-5-6-15-13(11-14)12-16(21-15)19(25)22-7-9-23(10-8-22)30(28,29)18-4-2-1-3-17(18)24(26)27/h1-6,11-12,21H,7-10H2. The number of para-hydroxylation sites is 1. The maximum Gasteiger partial charge on any atom is 0.289 e. The number of H-pyrrole nitrogens is 1. The monoisotopic (exact) mass is 432 g/mol. The van der Waals surface area contributed by atoms with Crippen LogP contribution in [-0.4, -0.2) is 59.6 Å². The molecule has 2 heterocycles. The van der Waals surface area contributed by atoms with E-state index in [0.717, 1.165) is 10.4 Å². The molecule has 1 aliphatic heterocycles. The maximum absolute atomic E-state index is 13.4. The van der Waals surface area contributed by atoms with Crippen molar-refractivity contribution < 1.29 is 22.5 Å². The summed E-state index contributed by atoms with van der Waals surface area (Å²) in [7, 11) is -4.07. The van der Waals surface area contributed by atoms with Crippen molar-refractivity contribution in [2.45, 2.75) is 4.90 Å². The number of carbonyl (C=O) groups is 1. The number of hydrogen-bond acceptors (Lipinski definition) is 5. The summed E-state index contributed by atoms with van der Waals surface area (Å²) in [5.41, 5.74) is 0.421. The Morgan fingerprint density at radius 3 is 2.47 bits per heavy atom. The average molecular weight is 432 g/mol. The summed E-state index contributed by atoms with van der Waals surface area (Å²) >= 11 is 0. The largest absolute Gasteiger partial charge is 0.351 e. The molecule has 11 heteroatoms. The van der Waals surface area contributed by atoms with Crippen molar-refractivity contribution in [1.82, 2.24) is 14.2 Å². The lowest BCUT2D eigenvalue weighted by Crippen LogP contribution is -2.50. The van der Waals surface area contributed by atoms with Crippen molar-refractivity contribution >= 4 is 32.5 Å². The zero-order valence-corrected chi connectivity index (χ0v) is 16.4. The third kappa shape index (κ3) is 3.53. The van der Waals surface area contributed by atoms with Gasteiger partial charge in [-0.1, -0.05) is 12.1 Å². The molecule has 1 amide bonds. The number of piperazine rings is 1. The number of rotatable bonds is 4. The second-order valence-electron chi connectivity index (χ2n) is 6.84. The second-order valence-corrected chi connectivity index (χ2v) is 8.74. The Kier molecular flexibility index (Phi) is 5.00. The number of hydrogen-bond donors (Lipinski definition) is 1. The first kappa shape index (κ1) is 20.0. The Labute approximate surface area is 170 Å². The van der Waals surface area contributed by atoms with E-state index < -0.39 is 26.5 Å². The van der Waals surface area contributed by atoms with Crippen molar-refractivity contribution in [3.8, 4) is 0 Å². The number of benzene rings is 2. The Balaban J connectivity index is 1.50. The zero-order valence-electron chi connectivity index (χ0n) is 15.6. The molecule has 0 saturated carbocycles. The Bertz CT molecular complexity index is 1250. The van der Waals surface area contributed by atoms with E-state index in [1.165, 1.54) is 35.2 Å². The summed E-state index contributed by atoms with van der Waals surface area (Å²) in [6, 6.07) is 10.9. The number of sulfonamides is 1. The van der Waals surface area contributed by atoms with Gasteiger partial charge in [-0.2, -0.15) is 4.31 Å². The van der Waals surface area contributed by atoms with Gasteiger partial charge in [-0.05, 0) is 30.3 Å². The minimum Gasteiger partial charge on any atom is -0.351 e. The lowest BCUT2D eigenvalue weighted by molar-refractivity contribution is -0.387. The van der Waals surface area contributed by atoms with Crippen LogP contribution in [0.2, 0.25) is 0 Å². The molecule has 0 aliphatic carbocycles. The molecule has 3 aromatic rings. The van der Waals surface area contributed by atoms with Gasteiger partial charge in [0.05, 0.1) is 4.92 Å². The second kappa shape index (κ2) is 7.50. The van der Waals surface area contributed by atoms with Crippen molar-refractivity contribution in [3.63, 3.8) is 0 Å². The number of amides is 1. The van der Waals surface area contributed by atoms with Gasteiger partial charge in [0.1, 0.15) is 11.5 Å². The first-order valence-corrected chi connectivity index (χ1v) is 10.5. The molecule has 1 N–H and O–H groups in total. The first-order chi connectivity index (χ1) is 14.3. The van der Waals surface area contributed by atoms with Crippen LogP contribution in [0.5, 0.6) is 0 Å². The van der Waals surface area contributed by atoms with E-state index in [2.05, 4.69) is 4.98 Å². The highest BCUT2D eigenvalue weighted by molar-refractivity contribution is 7.89. The summed E-state index contributed by atoms with van der Waals surface area (Å²) in [6.45, 7) is 0.273. The van der Waals surface area contributed by atoms with Gasteiger partial charge in [0.15, 0.2) is 4.90 Å². The van der Waals surface area contributed by atoms with Crippen molar-refractivity contribution in [2.75, 3.05) is 26.2 Å².